The lowest BCUT2D eigenvalue weighted by Gasteiger charge is -2.12. The van der Waals surface area contributed by atoms with Gasteiger partial charge in [0.2, 0.25) is 5.91 Å². The molecule has 1 heterocycles. The number of halogens is 2. The average molecular weight is 434 g/mol. The van der Waals surface area contributed by atoms with Crippen LogP contribution in [0.25, 0.3) is 10.9 Å². The highest BCUT2D eigenvalue weighted by molar-refractivity contribution is 8.00. The molecule has 1 N–H and O–H groups in total. The Morgan fingerprint density at radius 1 is 1.21 bits per heavy atom. The van der Waals surface area contributed by atoms with Gasteiger partial charge in [-0.25, -0.2) is 4.98 Å². The number of amides is 1. The third kappa shape index (κ3) is 5.24. The van der Waals surface area contributed by atoms with Crippen molar-refractivity contribution in [2.45, 2.75) is 22.4 Å². The van der Waals surface area contributed by atoms with Gasteiger partial charge >= 0.3 is 0 Å². The van der Waals surface area contributed by atoms with Crippen LogP contribution in [0.4, 0.5) is 14.5 Å². The van der Waals surface area contributed by atoms with E-state index in [0.717, 1.165) is 11.8 Å². The van der Waals surface area contributed by atoms with Crippen LogP contribution >= 0.6 is 23.5 Å². The number of nitrogens with one attached hydrogen (secondary N) is 1. The maximum absolute atomic E-state index is 12.7. The van der Waals surface area contributed by atoms with Gasteiger partial charge in [-0.1, -0.05) is 53.9 Å². The molecule has 0 bridgehead atoms. The first-order valence-corrected chi connectivity index (χ1v) is 10.4. The second kappa shape index (κ2) is 9.71. The standard InChI is InChI=1S/C20H17F2N3O2S2/c1-2-11-25-18(27)13-7-3-4-8-14(13)24-20(25)28-12-17(26)23-15-9-5-6-10-16(15)29-19(21)22/h2-10,19H,1,11-12H2,(H,23,26). The van der Waals surface area contributed by atoms with Gasteiger partial charge in [-0.3, -0.25) is 14.2 Å². The smallest absolute Gasteiger partial charge is 0.288 e. The van der Waals surface area contributed by atoms with Crippen molar-refractivity contribution in [2.75, 3.05) is 11.1 Å². The molecule has 3 rings (SSSR count). The Morgan fingerprint density at radius 2 is 1.93 bits per heavy atom. The summed E-state index contributed by atoms with van der Waals surface area (Å²) in [5.41, 5.74) is 0.648. The quantitative estimate of drug-likeness (QED) is 0.319. The van der Waals surface area contributed by atoms with Crippen LogP contribution in [0.15, 0.2) is 76.0 Å². The van der Waals surface area contributed by atoms with Gasteiger partial charge in [-0.2, -0.15) is 8.78 Å². The van der Waals surface area contributed by atoms with Crippen molar-refractivity contribution in [1.82, 2.24) is 9.55 Å². The largest absolute Gasteiger partial charge is 0.324 e. The second-order valence-corrected chi connectivity index (χ2v) is 7.80. The number of rotatable bonds is 8. The average Bonchev–Trinajstić information content (AvgIpc) is 2.70. The number of hydrogen-bond acceptors (Lipinski definition) is 5. The number of nitrogens with zero attached hydrogens (tertiary/aromatic N) is 2. The number of hydrogen-bond donors (Lipinski definition) is 1. The molecule has 0 saturated heterocycles. The number of allylic oxidation sites excluding steroid dienone is 1. The molecule has 0 radical (unpaired) electrons. The SMILES string of the molecule is C=CCn1c(SCC(=O)Nc2ccccc2SC(F)F)nc2ccccc2c1=O. The van der Waals surface area contributed by atoms with Crippen LogP contribution in [0, 0.1) is 0 Å². The van der Waals surface area contributed by atoms with E-state index in [1.807, 2.05) is 0 Å². The molecule has 0 aliphatic rings. The first-order valence-electron chi connectivity index (χ1n) is 8.56. The molecule has 0 unspecified atom stereocenters. The van der Waals surface area contributed by atoms with E-state index in [2.05, 4.69) is 16.9 Å². The zero-order valence-corrected chi connectivity index (χ0v) is 16.8. The van der Waals surface area contributed by atoms with Crippen LogP contribution in [0.2, 0.25) is 0 Å². The highest BCUT2D eigenvalue weighted by Crippen LogP contribution is 2.31. The Kier molecular flexibility index (Phi) is 7.05. The minimum Gasteiger partial charge on any atom is -0.324 e. The molecule has 29 heavy (non-hydrogen) atoms. The highest BCUT2D eigenvalue weighted by Gasteiger charge is 2.15. The van der Waals surface area contributed by atoms with Crippen molar-refractivity contribution >= 4 is 46.0 Å². The van der Waals surface area contributed by atoms with E-state index >= 15 is 0 Å². The van der Waals surface area contributed by atoms with Crippen molar-refractivity contribution in [1.29, 1.82) is 0 Å². The summed E-state index contributed by atoms with van der Waals surface area (Å²) in [5, 5.41) is 3.52. The van der Waals surface area contributed by atoms with E-state index in [1.165, 1.54) is 10.6 Å². The van der Waals surface area contributed by atoms with Gasteiger partial charge in [0.1, 0.15) is 0 Å². The number of alkyl halides is 2. The van der Waals surface area contributed by atoms with Gasteiger partial charge in [0.05, 0.1) is 22.3 Å². The van der Waals surface area contributed by atoms with Crippen LogP contribution in [0.5, 0.6) is 0 Å². The number of carbonyl (C=O) groups excluding carboxylic acids is 1. The number of carbonyl (C=O) groups is 1. The predicted molar refractivity (Wildman–Crippen MR) is 114 cm³/mol. The molecule has 0 saturated carbocycles. The summed E-state index contributed by atoms with van der Waals surface area (Å²) in [7, 11) is 0. The van der Waals surface area contributed by atoms with Gasteiger partial charge in [0, 0.05) is 11.4 Å². The summed E-state index contributed by atoms with van der Waals surface area (Å²) < 4.78 is 26.8. The molecule has 1 aromatic heterocycles. The fraction of sp³-hybridized carbons (Fsp3) is 0.150. The molecule has 1 amide bonds. The lowest BCUT2D eigenvalue weighted by Crippen LogP contribution is -2.23. The zero-order valence-electron chi connectivity index (χ0n) is 15.2. The molecule has 0 atom stereocenters. The first kappa shape index (κ1) is 21.1. The first-order chi connectivity index (χ1) is 14.0. The second-order valence-electron chi connectivity index (χ2n) is 5.83. The maximum Gasteiger partial charge on any atom is 0.288 e. The van der Waals surface area contributed by atoms with Crippen LogP contribution in [0.3, 0.4) is 0 Å². The minimum absolute atomic E-state index is 0.0321. The summed E-state index contributed by atoms with van der Waals surface area (Å²) in [6.07, 6.45) is 1.58. The molecule has 5 nitrogen and oxygen atoms in total. The Balaban J connectivity index is 1.79. The number of anilines is 1. The molecular weight excluding hydrogens is 416 g/mol. The minimum atomic E-state index is -2.59. The van der Waals surface area contributed by atoms with Gasteiger partial charge < -0.3 is 5.32 Å². The van der Waals surface area contributed by atoms with Crippen molar-refractivity contribution in [3.05, 3.63) is 71.5 Å². The van der Waals surface area contributed by atoms with Crippen LogP contribution < -0.4 is 10.9 Å². The zero-order chi connectivity index (χ0) is 20.8. The van der Waals surface area contributed by atoms with Crippen molar-refractivity contribution in [3.8, 4) is 0 Å². The molecule has 0 aliphatic carbocycles. The Bertz CT molecular complexity index is 1100. The van der Waals surface area contributed by atoms with Crippen molar-refractivity contribution in [3.63, 3.8) is 0 Å². The third-order valence-electron chi connectivity index (χ3n) is 3.85. The van der Waals surface area contributed by atoms with E-state index in [9.17, 15) is 18.4 Å². The van der Waals surface area contributed by atoms with Gasteiger partial charge in [0.25, 0.3) is 11.3 Å². The summed E-state index contributed by atoms with van der Waals surface area (Å²) in [4.78, 5) is 29.9. The maximum atomic E-state index is 12.7. The number of thioether (sulfide) groups is 2. The molecule has 0 fully saturated rings. The molecule has 0 spiro atoms. The van der Waals surface area contributed by atoms with Gasteiger partial charge in [-0.05, 0) is 24.3 Å². The van der Waals surface area contributed by atoms with Gasteiger partial charge in [0.15, 0.2) is 5.16 Å². The van der Waals surface area contributed by atoms with Crippen molar-refractivity contribution in [2.24, 2.45) is 0 Å². The van der Waals surface area contributed by atoms with Crippen LogP contribution in [0.1, 0.15) is 0 Å². The number of benzene rings is 2. The third-order valence-corrected chi connectivity index (χ3v) is 5.61. The Morgan fingerprint density at radius 3 is 2.69 bits per heavy atom. The fourth-order valence-corrected chi connectivity index (χ4v) is 4.04. The normalized spacial score (nSPS) is 11.0. The van der Waals surface area contributed by atoms with Crippen LogP contribution in [-0.2, 0) is 11.3 Å². The molecule has 3 aromatic rings. The number of fused-ring (bicyclic) bond motifs is 1. The van der Waals surface area contributed by atoms with E-state index in [-0.39, 0.29) is 28.7 Å². The summed E-state index contributed by atoms with van der Waals surface area (Å²) >= 11 is 1.47. The molecule has 150 valence electrons. The molecular formula is C20H17F2N3O2S2. The fourth-order valence-electron chi connectivity index (χ4n) is 2.63. The summed E-state index contributed by atoms with van der Waals surface area (Å²) in [5.74, 6) is -3.00. The van der Waals surface area contributed by atoms with E-state index in [1.54, 1.807) is 48.5 Å². The van der Waals surface area contributed by atoms with Crippen molar-refractivity contribution < 1.29 is 13.6 Å². The number of para-hydroxylation sites is 2. The van der Waals surface area contributed by atoms with E-state index in [0.29, 0.717) is 33.5 Å². The highest BCUT2D eigenvalue weighted by atomic mass is 32.2. The predicted octanol–water partition coefficient (Wildman–Crippen LogP) is 4.63. The van der Waals surface area contributed by atoms with Gasteiger partial charge in [-0.15, -0.1) is 6.58 Å². The molecule has 9 heteroatoms. The lowest BCUT2D eigenvalue weighted by atomic mass is 10.2. The number of aromatic nitrogens is 2. The van der Waals surface area contributed by atoms with E-state index < -0.39 is 5.76 Å². The monoisotopic (exact) mass is 433 g/mol. The Hall–Kier alpha value is -2.65. The summed E-state index contributed by atoms with van der Waals surface area (Å²) in [6.45, 7) is 3.92. The topological polar surface area (TPSA) is 64.0 Å². The van der Waals surface area contributed by atoms with E-state index in [4.69, 9.17) is 0 Å². The summed E-state index contributed by atoms with van der Waals surface area (Å²) in [6, 6.07) is 13.3. The lowest BCUT2D eigenvalue weighted by molar-refractivity contribution is -0.113. The van der Waals surface area contributed by atoms with Crippen LogP contribution in [-0.4, -0.2) is 27.0 Å². The molecule has 2 aromatic carbocycles. The molecule has 0 aliphatic heterocycles. The Labute approximate surface area is 174 Å².